The van der Waals surface area contributed by atoms with Crippen molar-refractivity contribution in [3.63, 3.8) is 0 Å². The first-order valence-electron chi connectivity index (χ1n) is 7.47. The normalized spacial score (nSPS) is 14.3. The molecule has 0 spiro atoms. The van der Waals surface area contributed by atoms with Crippen molar-refractivity contribution in [2.45, 2.75) is 11.3 Å². The molecule has 124 valence electrons. The molecule has 0 amide bonds. The molecule has 0 aliphatic carbocycles. The zero-order valence-corrected chi connectivity index (χ0v) is 13.5. The van der Waals surface area contributed by atoms with Gasteiger partial charge in [-0.05, 0) is 30.3 Å². The molecule has 0 atom stereocenters. The van der Waals surface area contributed by atoms with E-state index < -0.39 is 10.0 Å². The highest BCUT2D eigenvalue weighted by Gasteiger charge is 2.19. The second-order valence-electron chi connectivity index (χ2n) is 5.44. The summed E-state index contributed by atoms with van der Waals surface area (Å²) in [6.07, 6.45) is 2.44. The minimum Gasteiger partial charge on any atom is -0.490 e. The quantitative estimate of drug-likeness (QED) is 0.761. The van der Waals surface area contributed by atoms with Crippen LogP contribution in [0.25, 0.3) is 10.9 Å². The maximum atomic E-state index is 12.6. The maximum absolute atomic E-state index is 12.6. The lowest BCUT2D eigenvalue weighted by Gasteiger charge is -2.11. The molecule has 0 fully saturated rings. The molecule has 4 rings (SSSR count). The van der Waals surface area contributed by atoms with E-state index in [2.05, 4.69) is 14.9 Å². The summed E-state index contributed by atoms with van der Waals surface area (Å²) in [5, 5.41) is 7.64. The SMILES string of the molecule is O=S(=O)(Nc1ccc2cn[nH]c2c1)c1ccc2c(c1)OCCCO2. The summed E-state index contributed by atoms with van der Waals surface area (Å²) in [6, 6.07) is 9.79. The van der Waals surface area contributed by atoms with E-state index in [1.807, 2.05) is 0 Å². The van der Waals surface area contributed by atoms with Gasteiger partial charge in [0.15, 0.2) is 11.5 Å². The number of aromatic nitrogens is 2. The van der Waals surface area contributed by atoms with Gasteiger partial charge >= 0.3 is 0 Å². The van der Waals surface area contributed by atoms with Crippen LogP contribution >= 0.6 is 0 Å². The van der Waals surface area contributed by atoms with Gasteiger partial charge in [-0.15, -0.1) is 0 Å². The van der Waals surface area contributed by atoms with Crippen LogP contribution in [0.5, 0.6) is 11.5 Å². The number of hydrogen-bond acceptors (Lipinski definition) is 5. The molecule has 0 saturated carbocycles. The van der Waals surface area contributed by atoms with Gasteiger partial charge in [0.25, 0.3) is 10.0 Å². The van der Waals surface area contributed by atoms with Crippen molar-refractivity contribution in [2.75, 3.05) is 17.9 Å². The van der Waals surface area contributed by atoms with Crippen molar-refractivity contribution in [3.05, 3.63) is 42.6 Å². The maximum Gasteiger partial charge on any atom is 0.262 e. The molecule has 1 aliphatic heterocycles. The predicted octanol–water partition coefficient (Wildman–Crippen LogP) is 2.53. The van der Waals surface area contributed by atoms with Gasteiger partial charge in [-0.25, -0.2) is 8.42 Å². The highest BCUT2D eigenvalue weighted by Crippen LogP contribution is 2.32. The number of H-pyrrole nitrogens is 1. The summed E-state index contributed by atoms with van der Waals surface area (Å²) < 4.78 is 38.9. The van der Waals surface area contributed by atoms with Crippen LogP contribution in [0.4, 0.5) is 5.69 Å². The van der Waals surface area contributed by atoms with Crippen molar-refractivity contribution in [3.8, 4) is 11.5 Å². The molecule has 1 aromatic heterocycles. The Bertz CT molecular complexity index is 997. The number of aromatic amines is 1. The molecular weight excluding hydrogens is 330 g/mol. The zero-order chi connectivity index (χ0) is 16.6. The first-order valence-corrected chi connectivity index (χ1v) is 8.96. The third-order valence-corrected chi connectivity index (χ3v) is 5.10. The number of ether oxygens (including phenoxy) is 2. The summed E-state index contributed by atoms with van der Waals surface area (Å²) >= 11 is 0. The molecule has 2 aromatic carbocycles. The summed E-state index contributed by atoms with van der Waals surface area (Å²) in [5.74, 6) is 1.00. The van der Waals surface area contributed by atoms with Crippen LogP contribution in [0.1, 0.15) is 6.42 Å². The highest BCUT2D eigenvalue weighted by molar-refractivity contribution is 7.92. The Morgan fingerprint density at radius 1 is 1.04 bits per heavy atom. The number of hydrogen-bond donors (Lipinski definition) is 2. The van der Waals surface area contributed by atoms with E-state index in [0.717, 1.165) is 17.3 Å². The number of rotatable bonds is 3. The number of nitrogens with one attached hydrogen (secondary N) is 2. The van der Waals surface area contributed by atoms with Crippen molar-refractivity contribution < 1.29 is 17.9 Å². The van der Waals surface area contributed by atoms with Crippen LogP contribution in [0.15, 0.2) is 47.5 Å². The summed E-state index contributed by atoms with van der Waals surface area (Å²) in [4.78, 5) is 0.122. The van der Waals surface area contributed by atoms with Crippen molar-refractivity contribution in [1.29, 1.82) is 0 Å². The molecule has 0 bridgehead atoms. The van der Waals surface area contributed by atoms with E-state index in [4.69, 9.17) is 9.47 Å². The molecule has 3 aromatic rings. The van der Waals surface area contributed by atoms with Gasteiger partial charge in [-0.2, -0.15) is 5.10 Å². The number of anilines is 1. The Labute approximate surface area is 138 Å². The van der Waals surface area contributed by atoms with Crippen LogP contribution in [-0.2, 0) is 10.0 Å². The average molecular weight is 345 g/mol. The van der Waals surface area contributed by atoms with Crippen LogP contribution < -0.4 is 14.2 Å². The van der Waals surface area contributed by atoms with Gasteiger partial charge in [0.2, 0.25) is 0 Å². The van der Waals surface area contributed by atoms with Crippen LogP contribution in [0, 0.1) is 0 Å². The molecular formula is C16H15N3O4S. The molecule has 0 radical (unpaired) electrons. The van der Waals surface area contributed by atoms with E-state index in [-0.39, 0.29) is 4.90 Å². The lowest BCUT2D eigenvalue weighted by atomic mass is 10.2. The average Bonchev–Trinajstić information content (AvgIpc) is 2.89. The minimum absolute atomic E-state index is 0.122. The van der Waals surface area contributed by atoms with E-state index >= 15 is 0 Å². The topological polar surface area (TPSA) is 93.3 Å². The number of benzene rings is 2. The van der Waals surface area contributed by atoms with Gasteiger partial charge < -0.3 is 9.47 Å². The van der Waals surface area contributed by atoms with Gasteiger partial charge in [0, 0.05) is 17.9 Å². The Balaban J connectivity index is 1.65. The zero-order valence-electron chi connectivity index (χ0n) is 12.7. The Morgan fingerprint density at radius 3 is 2.75 bits per heavy atom. The van der Waals surface area contributed by atoms with E-state index in [9.17, 15) is 8.42 Å². The van der Waals surface area contributed by atoms with Gasteiger partial charge in [0.05, 0.1) is 35.5 Å². The van der Waals surface area contributed by atoms with E-state index in [1.165, 1.54) is 12.1 Å². The van der Waals surface area contributed by atoms with Gasteiger partial charge in [0.1, 0.15) is 0 Å². The Hall–Kier alpha value is -2.74. The summed E-state index contributed by atoms with van der Waals surface area (Å²) in [6.45, 7) is 1.06. The fourth-order valence-corrected chi connectivity index (χ4v) is 3.59. The molecule has 8 heteroatoms. The first kappa shape index (κ1) is 14.8. The third-order valence-electron chi connectivity index (χ3n) is 3.72. The van der Waals surface area contributed by atoms with Crippen molar-refractivity contribution in [1.82, 2.24) is 10.2 Å². The minimum atomic E-state index is -3.73. The van der Waals surface area contributed by atoms with Crippen molar-refractivity contribution in [2.24, 2.45) is 0 Å². The smallest absolute Gasteiger partial charge is 0.262 e. The lowest BCUT2D eigenvalue weighted by molar-refractivity contribution is 0.297. The van der Waals surface area contributed by atoms with Crippen LogP contribution in [0.3, 0.4) is 0 Å². The second kappa shape index (κ2) is 5.72. The molecule has 2 heterocycles. The summed E-state index contributed by atoms with van der Waals surface area (Å²) in [5.41, 5.74) is 1.22. The largest absolute Gasteiger partial charge is 0.490 e. The molecule has 0 saturated heterocycles. The molecule has 24 heavy (non-hydrogen) atoms. The van der Waals surface area contributed by atoms with Crippen molar-refractivity contribution >= 4 is 26.6 Å². The van der Waals surface area contributed by atoms with Gasteiger partial charge in [-0.1, -0.05) is 0 Å². The van der Waals surface area contributed by atoms with E-state index in [0.29, 0.717) is 30.4 Å². The fourth-order valence-electron chi connectivity index (χ4n) is 2.53. The number of nitrogens with zero attached hydrogens (tertiary/aromatic N) is 1. The third kappa shape index (κ3) is 2.76. The standard InChI is InChI=1S/C16H15N3O4S/c20-24(21,19-12-3-2-11-10-17-18-14(11)8-12)13-4-5-15-16(9-13)23-7-1-6-22-15/h2-5,8-10,19H,1,6-7H2,(H,17,18). The monoisotopic (exact) mass is 345 g/mol. The Kier molecular flexibility index (Phi) is 3.53. The lowest BCUT2D eigenvalue weighted by Crippen LogP contribution is -2.13. The molecule has 7 nitrogen and oxygen atoms in total. The fraction of sp³-hybridized carbons (Fsp3) is 0.188. The molecule has 1 aliphatic rings. The van der Waals surface area contributed by atoms with Gasteiger partial charge in [-0.3, -0.25) is 9.82 Å². The highest BCUT2D eigenvalue weighted by atomic mass is 32.2. The second-order valence-corrected chi connectivity index (χ2v) is 7.12. The molecule has 0 unspecified atom stereocenters. The predicted molar refractivity (Wildman–Crippen MR) is 89.0 cm³/mol. The summed E-state index contributed by atoms with van der Waals surface area (Å²) in [7, 11) is -3.73. The van der Waals surface area contributed by atoms with Crippen LogP contribution in [0.2, 0.25) is 0 Å². The first-order chi connectivity index (χ1) is 11.6. The Morgan fingerprint density at radius 2 is 1.88 bits per heavy atom. The molecule has 2 N–H and O–H groups in total. The van der Waals surface area contributed by atoms with E-state index in [1.54, 1.807) is 30.5 Å². The number of sulfonamides is 1. The van der Waals surface area contributed by atoms with Crippen LogP contribution in [-0.4, -0.2) is 31.8 Å². The number of fused-ring (bicyclic) bond motifs is 2.